The summed E-state index contributed by atoms with van der Waals surface area (Å²) in [4.78, 5) is 0. The van der Waals surface area contributed by atoms with Crippen LogP contribution >= 0.6 is 8.38 Å². The van der Waals surface area contributed by atoms with E-state index < -0.39 is 8.38 Å². The molecule has 0 aliphatic heterocycles. The van der Waals surface area contributed by atoms with E-state index in [9.17, 15) is 0 Å². The molecule has 0 saturated heterocycles. The molecule has 0 aromatic heterocycles. The van der Waals surface area contributed by atoms with Crippen LogP contribution < -0.4 is 9.05 Å². The Morgan fingerprint density at radius 3 is 1.96 bits per heavy atom. The SMILES string of the molecule is CCc1ccccc1CP(Oc1ccc(C)cc1C)Oc1ccccc1CC. The van der Waals surface area contributed by atoms with E-state index in [1.54, 1.807) is 0 Å². The topological polar surface area (TPSA) is 18.5 Å². The highest BCUT2D eigenvalue weighted by Gasteiger charge is 2.19. The maximum atomic E-state index is 6.47. The van der Waals surface area contributed by atoms with E-state index in [1.165, 1.54) is 22.3 Å². The second kappa shape index (κ2) is 9.75. The Bertz CT molecular complexity index is 870. The van der Waals surface area contributed by atoms with Crippen LogP contribution in [0, 0.1) is 13.8 Å². The fourth-order valence-corrected chi connectivity index (χ4v) is 4.86. The van der Waals surface area contributed by atoms with Crippen LogP contribution in [0.25, 0.3) is 0 Å². The van der Waals surface area contributed by atoms with Crippen molar-refractivity contribution in [3.63, 3.8) is 0 Å². The Balaban J connectivity index is 1.90. The van der Waals surface area contributed by atoms with Crippen molar-refractivity contribution in [2.24, 2.45) is 0 Å². The highest BCUT2D eigenvalue weighted by Crippen LogP contribution is 2.45. The number of para-hydroxylation sites is 1. The van der Waals surface area contributed by atoms with E-state index in [2.05, 4.69) is 82.3 Å². The van der Waals surface area contributed by atoms with Crippen LogP contribution in [0.3, 0.4) is 0 Å². The highest BCUT2D eigenvalue weighted by atomic mass is 31.2. The van der Waals surface area contributed by atoms with Crippen LogP contribution in [0.1, 0.15) is 41.7 Å². The summed E-state index contributed by atoms with van der Waals surface area (Å²) in [7, 11) is -1.16. The maximum absolute atomic E-state index is 6.47. The molecule has 3 aromatic rings. The zero-order valence-corrected chi connectivity index (χ0v) is 18.1. The molecular weight excluding hydrogens is 363 g/mol. The highest BCUT2D eigenvalue weighted by molar-refractivity contribution is 7.47. The largest absolute Gasteiger partial charge is 0.438 e. The fraction of sp³-hybridized carbons (Fsp3) is 0.280. The van der Waals surface area contributed by atoms with Gasteiger partial charge < -0.3 is 9.05 Å². The van der Waals surface area contributed by atoms with E-state index in [-0.39, 0.29) is 0 Å². The van der Waals surface area contributed by atoms with Crippen LogP contribution in [0.2, 0.25) is 0 Å². The monoisotopic (exact) mass is 392 g/mol. The average Bonchev–Trinajstić information content (AvgIpc) is 2.71. The minimum absolute atomic E-state index is 0.769. The van der Waals surface area contributed by atoms with E-state index in [4.69, 9.17) is 9.05 Å². The quantitative estimate of drug-likeness (QED) is 0.372. The molecule has 0 spiro atoms. The van der Waals surface area contributed by atoms with Gasteiger partial charge in [0.05, 0.1) is 6.16 Å². The molecule has 0 fully saturated rings. The van der Waals surface area contributed by atoms with Gasteiger partial charge in [-0.3, -0.25) is 0 Å². The average molecular weight is 392 g/mol. The minimum Gasteiger partial charge on any atom is -0.438 e. The van der Waals surface area contributed by atoms with E-state index in [0.717, 1.165) is 36.1 Å². The molecule has 0 amide bonds. The lowest BCUT2D eigenvalue weighted by Crippen LogP contribution is -2.03. The molecule has 0 N–H and O–H groups in total. The molecule has 2 nitrogen and oxygen atoms in total. The summed E-state index contributed by atoms with van der Waals surface area (Å²) < 4.78 is 12.9. The van der Waals surface area contributed by atoms with Gasteiger partial charge in [0.25, 0.3) is 8.38 Å². The zero-order valence-electron chi connectivity index (χ0n) is 17.2. The number of hydrogen-bond acceptors (Lipinski definition) is 2. The standard InChI is InChI=1S/C25H29O2P/c1-5-21-11-7-8-13-23(21)18-28(26-24-16-15-19(3)17-20(24)4)27-25-14-10-9-12-22(25)6-2/h7-17H,5-6,18H2,1-4H3. The third-order valence-electron chi connectivity index (χ3n) is 4.88. The lowest BCUT2D eigenvalue weighted by molar-refractivity contribution is 0.483. The Morgan fingerprint density at radius 2 is 1.29 bits per heavy atom. The Hall–Kier alpha value is -2.31. The van der Waals surface area contributed by atoms with Gasteiger partial charge in [0, 0.05) is 0 Å². The second-order valence-electron chi connectivity index (χ2n) is 7.03. The van der Waals surface area contributed by atoms with Gasteiger partial charge in [0.15, 0.2) is 0 Å². The van der Waals surface area contributed by atoms with Crippen LogP contribution in [-0.2, 0) is 19.0 Å². The summed E-state index contributed by atoms with van der Waals surface area (Å²) in [6, 6.07) is 23.1. The molecule has 3 rings (SSSR count). The molecule has 1 unspecified atom stereocenters. The fourth-order valence-electron chi connectivity index (χ4n) is 3.29. The molecule has 28 heavy (non-hydrogen) atoms. The summed E-state index contributed by atoms with van der Waals surface area (Å²) in [5.41, 5.74) is 6.25. The first-order valence-corrected chi connectivity index (χ1v) is 11.3. The molecule has 0 aliphatic rings. The molecule has 1 atom stereocenters. The summed E-state index contributed by atoms with van der Waals surface area (Å²) >= 11 is 0. The first kappa shape index (κ1) is 20.4. The van der Waals surface area contributed by atoms with E-state index in [1.807, 2.05) is 12.1 Å². The molecule has 0 heterocycles. The predicted molar refractivity (Wildman–Crippen MR) is 119 cm³/mol. The molecular formula is C25H29O2P. The van der Waals surface area contributed by atoms with Crippen molar-refractivity contribution in [3.8, 4) is 11.5 Å². The molecule has 146 valence electrons. The number of rotatable bonds is 8. The van der Waals surface area contributed by atoms with Gasteiger partial charge in [-0.05, 0) is 61.1 Å². The summed E-state index contributed by atoms with van der Waals surface area (Å²) in [5, 5.41) is 0. The minimum atomic E-state index is -1.16. The van der Waals surface area contributed by atoms with Crippen molar-refractivity contribution < 1.29 is 9.05 Å². The third-order valence-corrected chi connectivity index (χ3v) is 6.28. The van der Waals surface area contributed by atoms with Crippen molar-refractivity contribution in [1.82, 2.24) is 0 Å². The summed E-state index contributed by atoms with van der Waals surface area (Å²) in [5.74, 6) is 1.83. The zero-order chi connectivity index (χ0) is 19.9. The number of aryl methyl sites for hydroxylation is 4. The van der Waals surface area contributed by atoms with Gasteiger partial charge in [0.1, 0.15) is 11.5 Å². The van der Waals surface area contributed by atoms with Crippen molar-refractivity contribution in [2.45, 2.75) is 46.7 Å². The predicted octanol–water partition coefficient (Wildman–Crippen LogP) is 7.40. The first-order chi connectivity index (χ1) is 13.6. The lowest BCUT2D eigenvalue weighted by atomic mass is 10.1. The van der Waals surface area contributed by atoms with Crippen molar-refractivity contribution >= 4 is 8.38 Å². The van der Waals surface area contributed by atoms with Gasteiger partial charge >= 0.3 is 0 Å². The lowest BCUT2D eigenvalue weighted by Gasteiger charge is -2.22. The first-order valence-electron chi connectivity index (χ1n) is 9.96. The van der Waals surface area contributed by atoms with Crippen molar-refractivity contribution in [2.75, 3.05) is 0 Å². The molecule has 3 heteroatoms. The van der Waals surface area contributed by atoms with Crippen LogP contribution in [0.5, 0.6) is 11.5 Å². The van der Waals surface area contributed by atoms with Crippen molar-refractivity contribution in [1.29, 1.82) is 0 Å². The number of benzene rings is 3. The van der Waals surface area contributed by atoms with Gasteiger partial charge in [-0.2, -0.15) is 0 Å². The Kier molecular flexibility index (Phi) is 7.12. The van der Waals surface area contributed by atoms with E-state index in [0.29, 0.717) is 0 Å². The van der Waals surface area contributed by atoms with Gasteiger partial charge in [0.2, 0.25) is 0 Å². The number of hydrogen-bond donors (Lipinski definition) is 0. The maximum Gasteiger partial charge on any atom is 0.295 e. The molecule has 0 radical (unpaired) electrons. The van der Waals surface area contributed by atoms with Crippen LogP contribution in [0.15, 0.2) is 66.7 Å². The Labute approximate surface area is 170 Å². The summed E-state index contributed by atoms with van der Waals surface area (Å²) in [6.45, 7) is 8.54. The van der Waals surface area contributed by atoms with Crippen LogP contribution in [0.4, 0.5) is 0 Å². The normalized spacial score (nSPS) is 11.9. The van der Waals surface area contributed by atoms with Gasteiger partial charge in [-0.15, -0.1) is 0 Å². The molecule has 0 bridgehead atoms. The second-order valence-corrected chi connectivity index (χ2v) is 8.37. The van der Waals surface area contributed by atoms with Gasteiger partial charge in [-0.1, -0.05) is 74.0 Å². The van der Waals surface area contributed by atoms with Gasteiger partial charge in [-0.25, -0.2) is 0 Å². The summed E-state index contributed by atoms with van der Waals surface area (Å²) in [6.07, 6.45) is 2.72. The van der Waals surface area contributed by atoms with Crippen LogP contribution in [-0.4, -0.2) is 0 Å². The smallest absolute Gasteiger partial charge is 0.295 e. The molecule has 3 aromatic carbocycles. The van der Waals surface area contributed by atoms with Crippen molar-refractivity contribution in [3.05, 3.63) is 94.5 Å². The Morgan fingerprint density at radius 1 is 0.679 bits per heavy atom. The molecule has 0 saturated carbocycles. The van der Waals surface area contributed by atoms with E-state index >= 15 is 0 Å². The third kappa shape index (κ3) is 5.14. The molecule has 0 aliphatic carbocycles.